The molecule has 0 saturated carbocycles. The lowest BCUT2D eigenvalue weighted by atomic mass is 10.0. The maximum atomic E-state index is 11.8. The number of amides is 2. The summed E-state index contributed by atoms with van der Waals surface area (Å²) in [5.74, 6) is 0. The van der Waals surface area contributed by atoms with Crippen molar-refractivity contribution in [2.75, 3.05) is 49.2 Å². The molecule has 1 heterocycles. The van der Waals surface area contributed by atoms with Gasteiger partial charge < -0.3 is 25.6 Å². The summed E-state index contributed by atoms with van der Waals surface area (Å²) in [5.41, 5.74) is 7.58. The first-order valence-electron chi connectivity index (χ1n) is 10.7. The number of rotatable bonds is 9. The molecular formula is C23H32N4O3S. The highest BCUT2D eigenvalue weighted by molar-refractivity contribution is 7.90. The minimum Gasteiger partial charge on any atom is -0.612 e. The van der Waals surface area contributed by atoms with Crippen LogP contribution in [0.2, 0.25) is 0 Å². The van der Waals surface area contributed by atoms with Crippen molar-refractivity contribution in [2.24, 2.45) is 5.73 Å². The Hall–Kier alpha value is -2.26. The number of aliphatic hydroxyl groups is 1. The fraction of sp³-hybridized carbons (Fsp3) is 0.435. The van der Waals surface area contributed by atoms with E-state index in [4.69, 9.17) is 5.73 Å². The zero-order valence-corrected chi connectivity index (χ0v) is 18.8. The Kier molecular flexibility index (Phi) is 8.60. The van der Waals surface area contributed by atoms with Crippen LogP contribution in [0.4, 0.5) is 16.2 Å². The first-order valence-corrected chi connectivity index (χ1v) is 12.2. The Morgan fingerprint density at radius 1 is 1.16 bits per heavy atom. The quantitative estimate of drug-likeness (QED) is 0.407. The van der Waals surface area contributed by atoms with E-state index < -0.39 is 23.3 Å². The van der Waals surface area contributed by atoms with Gasteiger partial charge >= 0.3 is 6.03 Å². The smallest absolute Gasteiger partial charge is 0.316 e. The van der Waals surface area contributed by atoms with E-state index in [0.717, 1.165) is 45.6 Å². The van der Waals surface area contributed by atoms with Crippen LogP contribution < -0.4 is 16.0 Å². The van der Waals surface area contributed by atoms with Crippen molar-refractivity contribution in [3.8, 4) is 0 Å². The molecule has 4 N–H and O–H groups in total. The van der Waals surface area contributed by atoms with Crippen LogP contribution in [-0.4, -0.2) is 59.6 Å². The van der Waals surface area contributed by atoms with E-state index in [1.165, 1.54) is 11.9 Å². The standard InChI is InChI=1S/C23H32N4O3S/c1-31(30)22-11-10-18(17-20(22)25-23(24)29)21(28)9-5-6-12-26-13-15-27(16-14-26)19-7-3-2-4-8-19/h2-4,7-8,10-11,17,21,28H,5-6,9,12-16H2,1H3,(H3,24,25,29). The van der Waals surface area contributed by atoms with E-state index in [2.05, 4.69) is 39.4 Å². The summed E-state index contributed by atoms with van der Waals surface area (Å²) in [6.45, 7) is 5.20. The Morgan fingerprint density at radius 3 is 2.52 bits per heavy atom. The van der Waals surface area contributed by atoms with Gasteiger partial charge in [0.1, 0.15) is 6.26 Å². The van der Waals surface area contributed by atoms with Crippen LogP contribution in [0.1, 0.15) is 30.9 Å². The lowest BCUT2D eigenvalue weighted by Gasteiger charge is -2.36. The predicted molar refractivity (Wildman–Crippen MR) is 126 cm³/mol. The van der Waals surface area contributed by atoms with Crippen molar-refractivity contribution >= 4 is 28.6 Å². The fourth-order valence-electron chi connectivity index (χ4n) is 3.94. The molecule has 2 aromatic rings. The SMILES string of the molecule is C[S+]([O-])c1ccc(C(O)CCCCN2CCN(c3ccccc3)CC2)cc1NC(N)=O. The Balaban J connectivity index is 1.42. The van der Waals surface area contributed by atoms with E-state index in [-0.39, 0.29) is 0 Å². The number of primary amides is 1. The van der Waals surface area contributed by atoms with Gasteiger partial charge in [0, 0.05) is 31.9 Å². The van der Waals surface area contributed by atoms with Crippen LogP contribution >= 0.6 is 0 Å². The third kappa shape index (κ3) is 6.87. The number of aliphatic hydroxyl groups excluding tert-OH is 1. The lowest BCUT2D eigenvalue weighted by molar-refractivity contribution is 0.160. The number of carbonyl (C=O) groups excluding carboxylic acids is 1. The summed E-state index contributed by atoms with van der Waals surface area (Å²) in [6.07, 6.45) is 3.46. The maximum Gasteiger partial charge on any atom is 0.316 e. The molecule has 2 unspecified atom stereocenters. The monoisotopic (exact) mass is 444 g/mol. The minimum atomic E-state index is -1.26. The normalized spacial score (nSPS) is 16.7. The van der Waals surface area contributed by atoms with Gasteiger partial charge in [0.25, 0.3) is 0 Å². The fourth-order valence-corrected chi connectivity index (χ4v) is 4.62. The molecule has 0 spiro atoms. The largest absolute Gasteiger partial charge is 0.612 e. The van der Waals surface area contributed by atoms with Gasteiger partial charge in [-0.3, -0.25) is 4.90 Å². The van der Waals surface area contributed by atoms with Crippen molar-refractivity contribution in [1.82, 2.24) is 4.90 Å². The summed E-state index contributed by atoms with van der Waals surface area (Å²) < 4.78 is 11.8. The zero-order valence-electron chi connectivity index (χ0n) is 18.0. The highest BCUT2D eigenvalue weighted by atomic mass is 32.2. The molecule has 3 rings (SSSR count). The molecule has 0 aliphatic carbocycles. The zero-order chi connectivity index (χ0) is 22.2. The molecule has 0 bridgehead atoms. The highest BCUT2D eigenvalue weighted by Crippen LogP contribution is 2.28. The van der Waals surface area contributed by atoms with Crippen molar-refractivity contribution < 1.29 is 14.5 Å². The van der Waals surface area contributed by atoms with Gasteiger partial charge in [-0.05, 0) is 66.8 Å². The van der Waals surface area contributed by atoms with Crippen LogP contribution in [0.5, 0.6) is 0 Å². The second-order valence-corrected chi connectivity index (χ2v) is 9.22. The molecular weight excluding hydrogens is 412 g/mol. The van der Waals surface area contributed by atoms with E-state index in [9.17, 15) is 14.5 Å². The number of hydrogen-bond donors (Lipinski definition) is 3. The predicted octanol–water partition coefficient (Wildman–Crippen LogP) is 2.94. The van der Waals surface area contributed by atoms with Crippen LogP contribution in [0.15, 0.2) is 53.4 Å². The molecule has 0 aromatic heterocycles. The van der Waals surface area contributed by atoms with Gasteiger partial charge in [-0.2, -0.15) is 0 Å². The molecule has 31 heavy (non-hydrogen) atoms. The molecule has 2 aromatic carbocycles. The van der Waals surface area contributed by atoms with Crippen molar-refractivity contribution in [3.05, 3.63) is 54.1 Å². The number of urea groups is 1. The summed E-state index contributed by atoms with van der Waals surface area (Å²) in [5, 5.41) is 13.1. The number of nitrogens with one attached hydrogen (secondary N) is 1. The van der Waals surface area contributed by atoms with Crippen LogP contribution in [0, 0.1) is 0 Å². The molecule has 2 amide bonds. The van der Waals surface area contributed by atoms with Gasteiger partial charge in [0.2, 0.25) is 0 Å². The summed E-state index contributed by atoms with van der Waals surface area (Å²) in [6, 6.07) is 14.9. The van der Waals surface area contributed by atoms with E-state index in [1.54, 1.807) is 18.2 Å². The minimum absolute atomic E-state index is 0.390. The van der Waals surface area contributed by atoms with Gasteiger partial charge in [-0.25, -0.2) is 4.79 Å². The maximum absolute atomic E-state index is 11.8. The van der Waals surface area contributed by atoms with E-state index in [0.29, 0.717) is 22.6 Å². The topological polar surface area (TPSA) is 105 Å². The average Bonchev–Trinajstić information content (AvgIpc) is 2.77. The molecule has 1 aliphatic rings. The van der Waals surface area contributed by atoms with Gasteiger partial charge in [-0.1, -0.05) is 24.3 Å². The lowest BCUT2D eigenvalue weighted by Crippen LogP contribution is -2.46. The van der Waals surface area contributed by atoms with Gasteiger partial charge in [-0.15, -0.1) is 0 Å². The summed E-state index contributed by atoms with van der Waals surface area (Å²) in [7, 11) is 0. The van der Waals surface area contributed by atoms with Crippen molar-refractivity contribution in [1.29, 1.82) is 0 Å². The van der Waals surface area contributed by atoms with E-state index >= 15 is 0 Å². The summed E-state index contributed by atoms with van der Waals surface area (Å²) >= 11 is -1.26. The van der Waals surface area contributed by atoms with Crippen molar-refractivity contribution in [3.63, 3.8) is 0 Å². The summed E-state index contributed by atoms with van der Waals surface area (Å²) in [4.78, 5) is 16.6. The first kappa shape index (κ1) is 23.4. The number of hydrogen-bond acceptors (Lipinski definition) is 5. The van der Waals surface area contributed by atoms with Crippen molar-refractivity contribution in [2.45, 2.75) is 30.3 Å². The highest BCUT2D eigenvalue weighted by Gasteiger charge is 2.18. The van der Waals surface area contributed by atoms with Crippen LogP contribution in [0.3, 0.4) is 0 Å². The molecule has 8 heteroatoms. The Bertz CT molecular complexity index is 842. The third-order valence-corrected chi connectivity index (χ3v) is 6.63. The molecule has 168 valence electrons. The Labute approximate surface area is 187 Å². The van der Waals surface area contributed by atoms with Crippen LogP contribution in [-0.2, 0) is 11.2 Å². The molecule has 1 aliphatic heterocycles. The second-order valence-electron chi connectivity index (χ2n) is 7.87. The number of nitrogens with zero attached hydrogens (tertiary/aromatic N) is 2. The number of anilines is 2. The number of piperazine rings is 1. The van der Waals surface area contributed by atoms with E-state index in [1.807, 2.05) is 6.07 Å². The van der Waals surface area contributed by atoms with Gasteiger partial charge in [0.15, 0.2) is 4.90 Å². The van der Waals surface area contributed by atoms with Gasteiger partial charge in [0.05, 0.1) is 11.8 Å². The molecule has 1 fully saturated rings. The first-order chi connectivity index (χ1) is 14.9. The number of nitrogens with two attached hydrogens (primary N) is 1. The molecule has 7 nitrogen and oxygen atoms in total. The number of carbonyl (C=O) groups is 1. The number of unbranched alkanes of at least 4 members (excludes halogenated alkanes) is 1. The average molecular weight is 445 g/mol. The molecule has 0 radical (unpaired) electrons. The number of para-hydroxylation sites is 1. The molecule has 2 atom stereocenters. The van der Waals surface area contributed by atoms with Crippen LogP contribution in [0.25, 0.3) is 0 Å². The number of benzene rings is 2. The molecule has 1 saturated heterocycles. The Morgan fingerprint density at radius 2 is 1.87 bits per heavy atom. The second kappa shape index (κ2) is 11.4. The third-order valence-electron chi connectivity index (χ3n) is 5.65.